The Hall–Kier alpha value is -1.94. The third kappa shape index (κ3) is 2.80. The molecule has 0 radical (unpaired) electrons. The Morgan fingerprint density at radius 2 is 2.21 bits per heavy atom. The van der Waals surface area contributed by atoms with Crippen molar-refractivity contribution in [1.29, 1.82) is 5.26 Å². The van der Waals surface area contributed by atoms with Crippen LogP contribution in [0.5, 0.6) is 0 Å². The molecule has 24 heavy (non-hydrogen) atoms. The van der Waals surface area contributed by atoms with Crippen molar-refractivity contribution >= 4 is 17.2 Å². The van der Waals surface area contributed by atoms with Crippen LogP contribution in [0.3, 0.4) is 0 Å². The summed E-state index contributed by atoms with van der Waals surface area (Å²) in [6.45, 7) is 5.05. The summed E-state index contributed by atoms with van der Waals surface area (Å²) < 4.78 is 0. The second kappa shape index (κ2) is 6.52. The number of thiophene rings is 1. The summed E-state index contributed by atoms with van der Waals surface area (Å²) in [5.41, 5.74) is 11.1. The number of likely N-dealkylation sites (tertiary alicyclic amines) is 1. The van der Waals surface area contributed by atoms with Gasteiger partial charge >= 0.3 is 0 Å². The van der Waals surface area contributed by atoms with Crippen molar-refractivity contribution in [3.8, 4) is 16.5 Å². The van der Waals surface area contributed by atoms with Crippen LogP contribution in [-0.4, -0.2) is 29.5 Å². The highest BCUT2D eigenvalue weighted by atomic mass is 32.1. The van der Waals surface area contributed by atoms with Crippen LogP contribution < -0.4 is 11.1 Å². The average molecular weight is 339 g/mol. The first kappa shape index (κ1) is 15.6. The maximum atomic E-state index is 9.60. The minimum absolute atomic E-state index is 0.364. The van der Waals surface area contributed by atoms with Crippen molar-refractivity contribution in [1.82, 2.24) is 15.2 Å². The molecule has 0 unspecified atom stereocenters. The zero-order chi connectivity index (χ0) is 16.5. The fourth-order valence-corrected chi connectivity index (χ4v) is 4.67. The lowest BCUT2D eigenvalue weighted by Crippen LogP contribution is -2.26. The molecule has 124 valence electrons. The molecular weight excluding hydrogens is 318 g/mol. The predicted octanol–water partition coefficient (Wildman–Crippen LogP) is 2.51. The van der Waals surface area contributed by atoms with E-state index in [1.54, 1.807) is 11.3 Å². The van der Waals surface area contributed by atoms with Crippen LogP contribution in [0.1, 0.15) is 35.2 Å². The molecule has 2 aliphatic rings. The van der Waals surface area contributed by atoms with E-state index < -0.39 is 0 Å². The molecule has 4 rings (SSSR count). The summed E-state index contributed by atoms with van der Waals surface area (Å²) in [7, 11) is 0. The van der Waals surface area contributed by atoms with Gasteiger partial charge in [0.05, 0.1) is 0 Å². The SMILES string of the molecule is N#Cc1c(N)nc2c(c1-c1cc(CN3CCCC3)cs1)CNCC2. The van der Waals surface area contributed by atoms with Crippen LogP contribution in [0, 0.1) is 11.3 Å². The van der Waals surface area contributed by atoms with Crippen LogP contribution in [0.15, 0.2) is 11.4 Å². The highest BCUT2D eigenvalue weighted by Crippen LogP contribution is 2.37. The molecule has 0 atom stereocenters. The molecule has 4 heterocycles. The van der Waals surface area contributed by atoms with E-state index in [4.69, 9.17) is 5.73 Å². The third-order valence-electron chi connectivity index (χ3n) is 4.87. The van der Waals surface area contributed by atoms with Gasteiger partial charge < -0.3 is 11.1 Å². The van der Waals surface area contributed by atoms with Crippen molar-refractivity contribution in [2.45, 2.75) is 32.4 Å². The Bertz CT molecular complexity index is 798. The lowest BCUT2D eigenvalue weighted by Gasteiger charge is -2.21. The van der Waals surface area contributed by atoms with Gasteiger partial charge in [-0.2, -0.15) is 5.26 Å². The molecule has 0 saturated carbocycles. The summed E-state index contributed by atoms with van der Waals surface area (Å²) in [5.74, 6) is 0.364. The Kier molecular flexibility index (Phi) is 4.23. The number of nitrogens with one attached hydrogen (secondary N) is 1. The highest BCUT2D eigenvalue weighted by Gasteiger charge is 2.23. The van der Waals surface area contributed by atoms with Crippen LogP contribution in [-0.2, 0) is 19.5 Å². The Labute approximate surface area is 146 Å². The van der Waals surface area contributed by atoms with Crippen molar-refractivity contribution in [2.75, 3.05) is 25.4 Å². The summed E-state index contributed by atoms with van der Waals surface area (Å²) in [4.78, 5) is 8.10. The van der Waals surface area contributed by atoms with Gasteiger partial charge in [-0.25, -0.2) is 4.98 Å². The van der Waals surface area contributed by atoms with Crippen LogP contribution in [0.2, 0.25) is 0 Å². The van der Waals surface area contributed by atoms with Crippen LogP contribution in [0.4, 0.5) is 5.82 Å². The Morgan fingerprint density at radius 3 is 3.00 bits per heavy atom. The molecule has 5 nitrogen and oxygen atoms in total. The summed E-state index contributed by atoms with van der Waals surface area (Å²) in [6, 6.07) is 4.51. The quantitative estimate of drug-likeness (QED) is 0.898. The van der Waals surface area contributed by atoms with Gasteiger partial charge in [-0.3, -0.25) is 4.90 Å². The van der Waals surface area contributed by atoms with E-state index in [2.05, 4.69) is 32.7 Å². The smallest absolute Gasteiger partial charge is 0.142 e. The van der Waals surface area contributed by atoms with E-state index in [1.807, 2.05) is 0 Å². The molecule has 3 N–H and O–H groups in total. The monoisotopic (exact) mass is 339 g/mol. The van der Waals surface area contributed by atoms with E-state index in [0.717, 1.165) is 47.8 Å². The van der Waals surface area contributed by atoms with Crippen LogP contribution in [0.25, 0.3) is 10.4 Å². The van der Waals surface area contributed by atoms with Gasteiger partial charge in [0.25, 0.3) is 0 Å². The van der Waals surface area contributed by atoms with Gasteiger partial charge in [0, 0.05) is 42.2 Å². The molecule has 2 aliphatic heterocycles. The number of nitrogens with two attached hydrogens (primary N) is 1. The number of nitrogens with zero attached hydrogens (tertiary/aromatic N) is 3. The van der Waals surface area contributed by atoms with Gasteiger partial charge in [0.2, 0.25) is 0 Å². The van der Waals surface area contributed by atoms with E-state index in [9.17, 15) is 5.26 Å². The average Bonchev–Trinajstić information content (AvgIpc) is 3.26. The van der Waals surface area contributed by atoms with E-state index >= 15 is 0 Å². The Balaban J connectivity index is 1.74. The van der Waals surface area contributed by atoms with E-state index in [0.29, 0.717) is 11.4 Å². The summed E-state index contributed by atoms with van der Waals surface area (Å²) in [6.07, 6.45) is 3.47. The van der Waals surface area contributed by atoms with Crippen LogP contribution >= 0.6 is 11.3 Å². The summed E-state index contributed by atoms with van der Waals surface area (Å²) >= 11 is 1.71. The van der Waals surface area contributed by atoms with Gasteiger partial charge in [-0.1, -0.05) is 0 Å². The summed E-state index contributed by atoms with van der Waals surface area (Å²) in [5, 5.41) is 15.2. The van der Waals surface area contributed by atoms with Gasteiger partial charge in [-0.15, -0.1) is 11.3 Å². The molecule has 0 amide bonds. The first-order valence-corrected chi connectivity index (χ1v) is 9.36. The first-order chi connectivity index (χ1) is 11.8. The van der Waals surface area contributed by atoms with E-state index in [1.165, 1.54) is 31.5 Å². The Morgan fingerprint density at radius 1 is 1.38 bits per heavy atom. The number of anilines is 1. The lowest BCUT2D eigenvalue weighted by molar-refractivity contribution is 0.332. The molecule has 6 heteroatoms. The number of aromatic nitrogens is 1. The van der Waals surface area contributed by atoms with Gasteiger partial charge in [-0.05, 0) is 48.5 Å². The largest absolute Gasteiger partial charge is 0.383 e. The zero-order valence-electron chi connectivity index (χ0n) is 13.6. The zero-order valence-corrected chi connectivity index (χ0v) is 14.5. The number of hydrogen-bond acceptors (Lipinski definition) is 6. The number of fused-ring (bicyclic) bond motifs is 1. The lowest BCUT2D eigenvalue weighted by atomic mass is 9.95. The molecular formula is C18H21N5S. The number of rotatable bonds is 3. The number of pyridine rings is 1. The molecule has 1 saturated heterocycles. The fourth-order valence-electron chi connectivity index (χ4n) is 3.68. The van der Waals surface area contributed by atoms with Gasteiger partial charge in [0.15, 0.2) is 0 Å². The molecule has 0 bridgehead atoms. The molecule has 0 aliphatic carbocycles. The number of nitrogen functional groups attached to an aromatic ring is 1. The van der Waals surface area contributed by atoms with Crippen molar-refractivity contribution in [2.24, 2.45) is 0 Å². The maximum Gasteiger partial charge on any atom is 0.142 e. The van der Waals surface area contributed by atoms with Crippen molar-refractivity contribution in [3.05, 3.63) is 33.8 Å². The van der Waals surface area contributed by atoms with E-state index in [-0.39, 0.29) is 0 Å². The molecule has 0 spiro atoms. The number of hydrogen-bond donors (Lipinski definition) is 2. The molecule has 1 fully saturated rings. The van der Waals surface area contributed by atoms with Crippen molar-refractivity contribution in [3.63, 3.8) is 0 Å². The molecule has 2 aromatic rings. The standard InChI is InChI=1S/C18H21N5S/c19-8-13-17(14-9-21-4-3-15(14)22-18(13)20)16-7-12(11-24-16)10-23-5-1-2-6-23/h7,11,21H,1-6,9-10H2,(H2,20,22). The first-order valence-electron chi connectivity index (χ1n) is 8.48. The molecule has 2 aromatic heterocycles. The predicted molar refractivity (Wildman–Crippen MR) is 96.6 cm³/mol. The fraction of sp³-hybridized carbons (Fsp3) is 0.444. The minimum atomic E-state index is 0.364. The second-order valence-corrected chi connectivity index (χ2v) is 7.42. The number of nitriles is 1. The van der Waals surface area contributed by atoms with Gasteiger partial charge in [0.1, 0.15) is 17.5 Å². The van der Waals surface area contributed by atoms with Crippen molar-refractivity contribution < 1.29 is 0 Å². The normalized spacial score (nSPS) is 17.6. The second-order valence-electron chi connectivity index (χ2n) is 6.51. The highest BCUT2D eigenvalue weighted by molar-refractivity contribution is 7.13. The minimum Gasteiger partial charge on any atom is -0.383 e. The maximum absolute atomic E-state index is 9.60. The molecule has 0 aromatic carbocycles. The third-order valence-corrected chi connectivity index (χ3v) is 5.87. The topological polar surface area (TPSA) is 78.0 Å².